The molecule has 0 amide bonds. The van der Waals surface area contributed by atoms with E-state index < -0.39 is 23.6 Å². The molecular formula is C24H21ClFNO3. The molecule has 0 radical (unpaired) electrons. The molecule has 154 valence electrons. The average Bonchev–Trinajstić information content (AvgIpc) is 2.73. The number of ketones is 1. The van der Waals surface area contributed by atoms with E-state index in [2.05, 4.69) is 4.99 Å². The number of nitrogens with zero attached hydrogens (tertiary/aromatic N) is 1. The molecule has 30 heavy (non-hydrogen) atoms. The summed E-state index contributed by atoms with van der Waals surface area (Å²) in [5.74, 6) is -2.71. The lowest BCUT2D eigenvalue weighted by Crippen LogP contribution is -2.38. The summed E-state index contributed by atoms with van der Waals surface area (Å²) in [6, 6.07) is 13.7. The van der Waals surface area contributed by atoms with Gasteiger partial charge in [-0.15, -0.1) is 0 Å². The molecule has 2 aromatic rings. The van der Waals surface area contributed by atoms with Gasteiger partial charge in [0.05, 0.1) is 7.11 Å². The third-order valence-corrected chi connectivity index (χ3v) is 6.18. The van der Waals surface area contributed by atoms with E-state index in [0.717, 1.165) is 5.56 Å². The van der Waals surface area contributed by atoms with E-state index in [0.29, 0.717) is 34.0 Å². The Hall–Kier alpha value is -2.79. The van der Waals surface area contributed by atoms with Crippen molar-refractivity contribution in [3.8, 4) is 0 Å². The molecule has 0 spiro atoms. The molecule has 4 rings (SSSR count). The lowest BCUT2D eigenvalue weighted by Gasteiger charge is -2.36. The SMILES string of the molecule is COC(=O)C1C(C)=NC2=C(C(=O)C[C@H](c3ccc(Cl)cc3)C2)[C@H]1c1ccccc1F. The molecule has 4 nitrogen and oxygen atoms in total. The maximum atomic E-state index is 14.8. The fourth-order valence-electron chi connectivity index (χ4n) is 4.53. The normalized spacial score (nSPS) is 23.7. The molecule has 0 N–H and O–H groups in total. The van der Waals surface area contributed by atoms with E-state index in [1.165, 1.54) is 13.2 Å². The van der Waals surface area contributed by atoms with Crippen LogP contribution >= 0.6 is 11.6 Å². The van der Waals surface area contributed by atoms with Crippen molar-refractivity contribution in [1.82, 2.24) is 0 Å². The van der Waals surface area contributed by atoms with Crippen LogP contribution in [-0.4, -0.2) is 24.6 Å². The van der Waals surface area contributed by atoms with E-state index in [1.54, 1.807) is 37.3 Å². The van der Waals surface area contributed by atoms with Crippen LogP contribution in [0.1, 0.15) is 42.7 Å². The van der Waals surface area contributed by atoms with Crippen molar-refractivity contribution in [1.29, 1.82) is 0 Å². The molecule has 3 atom stereocenters. The number of carbonyl (C=O) groups is 2. The summed E-state index contributed by atoms with van der Waals surface area (Å²) in [6.07, 6.45) is 0.812. The predicted octanol–water partition coefficient (Wildman–Crippen LogP) is 5.23. The van der Waals surface area contributed by atoms with Crippen LogP contribution in [0.5, 0.6) is 0 Å². The number of benzene rings is 2. The number of allylic oxidation sites excluding steroid dienone is 2. The van der Waals surface area contributed by atoms with Crippen LogP contribution in [0.25, 0.3) is 0 Å². The van der Waals surface area contributed by atoms with Crippen LogP contribution < -0.4 is 0 Å². The molecule has 1 unspecified atom stereocenters. The Morgan fingerprint density at radius 2 is 1.83 bits per heavy atom. The number of Topliss-reactive ketones (excluding diaryl/α,β-unsaturated/α-hetero) is 1. The molecule has 2 aromatic carbocycles. The Morgan fingerprint density at radius 3 is 2.50 bits per heavy atom. The topological polar surface area (TPSA) is 55.7 Å². The van der Waals surface area contributed by atoms with Gasteiger partial charge in [-0.05, 0) is 48.6 Å². The van der Waals surface area contributed by atoms with Gasteiger partial charge in [-0.3, -0.25) is 14.6 Å². The molecule has 0 aromatic heterocycles. The first-order valence-electron chi connectivity index (χ1n) is 9.79. The van der Waals surface area contributed by atoms with Crippen LogP contribution in [0, 0.1) is 11.7 Å². The van der Waals surface area contributed by atoms with Crippen LogP contribution in [0.15, 0.2) is 64.8 Å². The first-order chi connectivity index (χ1) is 14.4. The summed E-state index contributed by atoms with van der Waals surface area (Å²) in [6.45, 7) is 1.73. The van der Waals surface area contributed by atoms with Crippen molar-refractivity contribution in [2.45, 2.75) is 31.6 Å². The third kappa shape index (κ3) is 3.58. The summed E-state index contributed by atoms with van der Waals surface area (Å²) in [5.41, 5.74) is 2.89. The second-order valence-electron chi connectivity index (χ2n) is 7.69. The van der Waals surface area contributed by atoms with Gasteiger partial charge in [0.1, 0.15) is 11.7 Å². The van der Waals surface area contributed by atoms with E-state index in [4.69, 9.17) is 16.3 Å². The summed E-state index contributed by atoms with van der Waals surface area (Å²) < 4.78 is 19.7. The Labute approximate surface area is 179 Å². The molecule has 6 heteroatoms. The molecule has 1 aliphatic carbocycles. The van der Waals surface area contributed by atoms with Crippen molar-refractivity contribution in [2.24, 2.45) is 10.9 Å². The standard InChI is InChI=1S/C24H21ClFNO3/c1-13-21(24(29)30-2)22(17-5-3-4-6-18(17)26)23-19(27-13)11-15(12-20(23)28)14-7-9-16(25)10-8-14/h3-10,15,21-22H,11-12H2,1-2H3/t15-,21?,22+/m1/s1. The van der Waals surface area contributed by atoms with Crippen LogP contribution in [-0.2, 0) is 14.3 Å². The highest BCUT2D eigenvalue weighted by atomic mass is 35.5. The van der Waals surface area contributed by atoms with Crippen LogP contribution in [0.4, 0.5) is 4.39 Å². The van der Waals surface area contributed by atoms with E-state index in [-0.39, 0.29) is 18.1 Å². The Balaban J connectivity index is 1.82. The Bertz CT molecular complexity index is 1070. The molecule has 0 saturated heterocycles. The van der Waals surface area contributed by atoms with Gasteiger partial charge in [0.15, 0.2) is 5.78 Å². The molecule has 1 aliphatic heterocycles. The van der Waals surface area contributed by atoms with Gasteiger partial charge < -0.3 is 4.74 Å². The summed E-state index contributed by atoms with van der Waals surface area (Å²) >= 11 is 5.99. The van der Waals surface area contributed by atoms with Crippen molar-refractivity contribution < 1.29 is 18.7 Å². The third-order valence-electron chi connectivity index (χ3n) is 5.93. The number of hydrogen-bond donors (Lipinski definition) is 0. The summed E-state index contributed by atoms with van der Waals surface area (Å²) in [5, 5.41) is 0.632. The lowest BCUT2D eigenvalue weighted by atomic mass is 9.69. The zero-order valence-electron chi connectivity index (χ0n) is 16.7. The van der Waals surface area contributed by atoms with Crippen molar-refractivity contribution >= 4 is 29.1 Å². The first kappa shape index (κ1) is 20.5. The lowest BCUT2D eigenvalue weighted by molar-refractivity contribution is -0.143. The predicted molar refractivity (Wildman–Crippen MR) is 113 cm³/mol. The number of carbonyl (C=O) groups excluding carboxylic acids is 2. The molecule has 0 fully saturated rings. The van der Waals surface area contributed by atoms with Crippen LogP contribution in [0.3, 0.4) is 0 Å². The highest BCUT2D eigenvalue weighted by Crippen LogP contribution is 2.47. The monoisotopic (exact) mass is 425 g/mol. The molecule has 2 aliphatic rings. The number of halogens is 2. The van der Waals surface area contributed by atoms with Gasteiger partial charge in [-0.25, -0.2) is 4.39 Å². The Morgan fingerprint density at radius 1 is 1.13 bits per heavy atom. The van der Waals surface area contributed by atoms with Gasteiger partial charge >= 0.3 is 5.97 Å². The maximum Gasteiger partial charge on any atom is 0.315 e. The average molecular weight is 426 g/mol. The quantitative estimate of drug-likeness (QED) is 0.633. The summed E-state index contributed by atoms with van der Waals surface area (Å²) in [7, 11) is 1.29. The minimum atomic E-state index is -0.832. The van der Waals surface area contributed by atoms with E-state index >= 15 is 0 Å². The minimum Gasteiger partial charge on any atom is -0.468 e. The number of aliphatic imine (C=N–C) groups is 1. The van der Waals surface area contributed by atoms with E-state index in [9.17, 15) is 14.0 Å². The molecule has 0 bridgehead atoms. The van der Waals surface area contributed by atoms with Gasteiger partial charge in [0, 0.05) is 34.3 Å². The molecular weight excluding hydrogens is 405 g/mol. The molecule has 0 saturated carbocycles. The highest BCUT2D eigenvalue weighted by Gasteiger charge is 2.45. The second-order valence-corrected chi connectivity index (χ2v) is 8.13. The number of hydrogen-bond acceptors (Lipinski definition) is 4. The zero-order chi connectivity index (χ0) is 21.4. The first-order valence-corrected chi connectivity index (χ1v) is 10.2. The summed E-state index contributed by atoms with van der Waals surface area (Å²) in [4.78, 5) is 30.5. The smallest absolute Gasteiger partial charge is 0.315 e. The maximum absolute atomic E-state index is 14.8. The van der Waals surface area contributed by atoms with Gasteiger partial charge in [-0.1, -0.05) is 41.9 Å². The highest BCUT2D eigenvalue weighted by molar-refractivity contribution is 6.30. The van der Waals surface area contributed by atoms with Gasteiger partial charge in [-0.2, -0.15) is 0 Å². The van der Waals surface area contributed by atoms with Crippen LogP contribution in [0.2, 0.25) is 5.02 Å². The number of methoxy groups -OCH3 is 1. The van der Waals surface area contributed by atoms with Gasteiger partial charge in [0.25, 0.3) is 0 Å². The number of rotatable bonds is 3. The fraction of sp³-hybridized carbons (Fsp3) is 0.292. The van der Waals surface area contributed by atoms with Crippen molar-refractivity contribution in [3.05, 3.63) is 81.8 Å². The Kier molecular flexibility index (Phi) is 5.56. The van der Waals surface area contributed by atoms with Crippen molar-refractivity contribution in [2.75, 3.05) is 7.11 Å². The number of ether oxygens (including phenoxy) is 1. The van der Waals surface area contributed by atoms with E-state index in [1.807, 2.05) is 12.1 Å². The second kappa shape index (κ2) is 8.15. The number of esters is 1. The fourth-order valence-corrected chi connectivity index (χ4v) is 4.65. The minimum absolute atomic E-state index is 0.0407. The van der Waals surface area contributed by atoms with Crippen molar-refractivity contribution in [3.63, 3.8) is 0 Å². The zero-order valence-corrected chi connectivity index (χ0v) is 17.4. The molecule has 1 heterocycles. The van der Waals surface area contributed by atoms with Gasteiger partial charge in [0.2, 0.25) is 0 Å². The largest absolute Gasteiger partial charge is 0.468 e.